The Morgan fingerprint density at radius 2 is 2.11 bits per heavy atom. The topological polar surface area (TPSA) is 41.5 Å². The molecule has 0 heterocycles. The summed E-state index contributed by atoms with van der Waals surface area (Å²) in [6, 6.07) is 5.62. The van der Waals surface area contributed by atoms with E-state index in [0.717, 1.165) is 5.92 Å². The highest BCUT2D eigenvalue weighted by molar-refractivity contribution is 6.42. The van der Waals surface area contributed by atoms with Gasteiger partial charge in [-0.05, 0) is 30.9 Å². The molecule has 1 aliphatic carbocycles. The van der Waals surface area contributed by atoms with Crippen LogP contribution in [-0.4, -0.2) is 30.4 Å². The molecule has 1 aliphatic rings. The van der Waals surface area contributed by atoms with E-state index in [-0.39, 0.29) is 6.61 Å². The number of nitrogens with one attached hydrogen (secondary N) is 1. The van der Waals surface area contributed by atoms with Crippen molar-refractivity contribution in [3.8, 4) is 5.75 Å². The zero-order valence-electron chi connectivity index (χ0n) is 10.9. The van der Waals surface area contributed by atoms with Crippen molar-refractivity contribution in [3.63, 3.8) is 0 Å². The van der Waals surface area contributed by atoms with Gasteiger partial charge in [0.25, 0.3) is 0 Å². The monoisotopic (exact) mass is 303 g/mol. The molecule has 0 aliphatic heterocycles. The van der Waals surface area contributed by atoms with E-state index in [4.69, 9.17) is 27.9 Å². The van der Waals surface area contributed by atoms with E-state index in [1.807, 2.05) is 0 Å². The van der Waals surface area contributed by atoms with Crippen molar-refractivity contribution in [1.29, 1.82) is 0 Å². The van der Waals surface area contributed by atoms with Gasteiger partial charge in [0.15, 0.2) is 0 Å². The molecule has 1 fully saturated rings. The van der Waals surface area contributed by atoms with Crippen LogP contribution in [0, 0.1) is 5.92 Å². The van der Waals surface area contributed by atoms with Crippen molar-refractivity contribution in [3.05, 3.63) is 28.2 Å². The van der Waals surface area contributed by atoms with Crippen LogP contribution in [0.15, 0.2) is 18.2 Å². The molecular formula is C14H19Cl2NO2. The molecule has 0 radical (unpaired) electrons. The Morgan fingerprint density at radius 1 is 1.37 bits per heavy atom. The number of aliphatic hydroxyl groups is 1. The molecule has 0 saturated heterocycles. The van der Waals surface area contributed by atoms with Gasteiger partial charge in [0.2, 0.25) is 0 Å². The number of halogens is 2. The largest absolute Gasteiger partial charge is 0.491 e. The highest BCUT2D eigenvalue weighted by Crippen LogP contribution is 2.27. The van der Waals surface area contributed by atoms with Crippen LogP contribution in [0.1, 0.15) is 19.8 Å². The number of aliphatic hydroxyl groups excluding tert-OH is 1. The minimum absolute atomic E-state index is 0.243. The van der Waals surface area contributed by atoms with E-state index < -0.39 is 6.10 Å². The van der Waals surface area contributed by atoms with Crippen molar-refractivity contribution in [2.75, 3.05) is 13.2 Å². The van der Waals surface area contributed by atoms with Gasteiger partial charge in [-0.2, -0.15) is 0 Å². The maximum atomic E-state index is 9.82. The molecule has 0 bridgehead atoms. The van der Waals surface area contributed by atoms with Gasteiger partial charge in [-0.15, -0.1) is 0 Å². The second kappa shape index (κ2) is 6.80. The first kappa shape index (κ1) is 14.9. The molecule has 5 heteroatoms. The smallest absolute Gasteiger partial charge is 0.121 e. The van der Waals surface area contributed by atoms with Gasteiger partial charge >= 0.3 is 0 Å². The van der Waals surface area contributed by atoms with Gasteiger partial charge in [-0.25, -0.2) is 0 Å². The summed E-state index contributed by atoms with van der Waals surface area (Å²) in [6.45, 7) is 3.04. The van der Waals surface area contributed by atoms with E-state index in [1.165, 1.54) is 12.8 Å². The number of hydrogen-bond acceptors (Lipinski definition) is 3. The Balaban J connectivity index is 1.67. The standard InChI is InChI=1S/C14H19Cl2NO2/c1-9-4-10(5-9)17-7-11(18)8-19-12-2-3-13(15)14(16)6-12/h2-3,6,9-11,17-18H,4-5,7-8H2,1H3. The molecule has 0 aromatic heterocycles. The summed E-state index contributed by atoms with van der Waals surface area (Å²) < 4.78 is 5.48. The molecular weight excluding hydrogens is 285 g/mol. The summed E-state index contributed by atoms with van der Waals surface area (Å²) >= 11 is 11.7. The fraction of sp³-hybridized carbons (Fsp3) is 0.571. The average molecular weight is 304 g/mol. The first-order valence-electron chi connectivity index (χ1n) is 6.54. The lowest BCUT2D eigenvalue weighted by molar-refractivity contribution is 0.0955. The van der Waals surface area contributed by atoms with E-state index in [9.17, 15) is 5.11 Å². The molecule has 1 saturated carbocycles. The van der Waals surface area contributed by atoms with E-state index in [1.54, 1.807) is 18.2 Å². The van der Waals surface area contributed by atoms with Gasteiger partial charge in [0.05, 0.1) is 10.0 Å². The van der Waals surface area contributed by atoms with Crippen LogP contribution >= 0.6 is 23.2 Å². The lowest BCUT2D eigenvalue weighted by Crippen LogP contribution is -2.44. The summed E-state index contributed by atoms with van der Waals surface area (Å²) in [5.74, 6) is 1.42. The van der Waals surface area contributed by atoms with E-state index in [0.29, 0.717) is 28.4 Å². The Bertz CT molecular complexity index is 422. The van der Waals surface area contributed by atoms with Crippen molar-refractivity contribution >= 4 is 23.2 Å². The fourth-order valence-corrected chi connectivity index (χ4v) is 2.48. The summed E-state index contributed by atoms with van der Waals surface area (Å²) in [7, 11) is 0. The van der Waals surface area contributed by atoms with Gasteiger partial charge < -0.3 is 15.2 Å². The number of rotatable bonds is 6. The molecule has 0 spiro atoms. The summed E-state index contributed by atoms with van der Waals surface area (Å²) in [5.41, 5.74) is 0. The maximum Gasteiger partial charge on any atom is 0.121 e. The second-order valence-electron chi connectivity index (χ2n) is 5.22. The minimum Gasteiger partial charge on any atom is -0.491 e. The maximum absolute atomic E-state index is 9.82. The van der Waals surface area contributed by atoms with Crippen molar-refractivity contribution in [1.82, 2.24) is 5.32 Å². The predicted molar refractivity (Wildman–Crippen MR) is 78.2 cm³/mol. The number of hydrogen-bond donors (Lipinski definition) is 2. The summed E-state index contributed by atoms with van der Waals surface area (Å²) in [6.07, 6.45) is 1.87. The summed E-state index contributed by atoms with van der Waals surface area (Å²) in [4.78, 5) is 0. The molecule has 3 nitrogen and oxygen atoms in total. The molecule has 2 N–H and O–H groups in total. The molecule has 1 atom stereocenters. The zero-order chi connectivity index (χ0) is 13.8. The zero-order valence-corrected chi connectivity index (χ0v) is 12.4. The summed E-state index contributed by atoms with van der Waals surface area (Å²) in [5, 5.41) is 14.1. The average Bonchev–Trinajstić information content (AvgIpc) is 2.34. The Labute approximate surface area is 123 Å². The minimum atomic E-state index is -0.523. The van der Waals surface area contributed by atoms with Crippen LogP contribution in [0.5, 0.6) is 5.75 Å². The van der Waals surface area contributed by atoms with Crippen LogP contribution in [0.2, 0.25) is 10.0 Å². The third-order valence-corrected chi connectivity index (χ3v) is 4.09. The van der Waals surface area contributed by atoms with E-state index in [2.05, 4.69) is 12.2 Å². The molecule has 106 valence electrons. The van der Waals surface area contributed by atoms with Crippen molar-refractivity contribution < 1.29 is 9.84 Å². The SMILES string of the molecule is CC1CC(NCC(O)COc2ccc(Cl)c(Cl)c2)C1. The molecule has 1 aromatic carbocycles. The number of ether oxygens (including phenoxy) is 1. The van der Waals surface area contributed by atoms with Crippen LogP contribution in [0.25, 0.3) is 0 Å². The molecule has 1 unspecified atom stereocenters. The quantitative estimate of drug-likeness (QED) is 0.848. The van der Waals surface area contributed by atoms with Crippen molar-refractivity contribution in [2.45, 2.75) is 31.9 Å². The predicted octanol–water partition coefficient (Wildman–Crippen LogP) is 3.12. The lowest BCUT2D eigenvalue weighted by Gasteiger charge is -2.34. The van der Waals surface area contributed by atoms with Gasteiger partial charge in [0, 0.05) is 18.7 Å². The first-order chi connectivity index (χ1) is 9.04. The highest BCUT2D eigenvalue weighted by Gasteiger charge is 2.25. The van der Waals surface area contributed by atoms with Gasteiger partial charge in [-0.3, -0.25) is 0 Å². The first-order valence-corrected chi connectivity index (χ1v) is 7.29. The van der Waals surface area contributed by atoms with Crippen molar-refractivity contribution in [2.24, 2.45) is 5.92 Å². The Morgan fingerprint density at radius 3 is 2.74 bits per heavy atom. The van der Waals surface area contributed by atoms with Crippen LogP contribution < -0.4 is 10.1 Å². The third kappa shape index (κ3) is 4.53. The molecule has 2 rings (SSSR count). The Kier molecular flexibility index (Phi) is 5.34. The molecule has 19 heavy (non-hydrogen) atoms. The lowest BCUT2D eigenvalue weighted by atomic mass is 9.82. The fourth-order valence-electron chi connectivity index (χ4n) is 2.19. The second-order valence-corrected chi connectivity index (χ2v) is 6.04. The number of benzene rings is 1. The van der Waals surface area contributed by atoms with E-state index >= 15 is 0 Å². The van der Waals surface area contributed by atoms with Crippen LogP contribution in [0.3, 0.4) is 0 Å². The molecule has 1 aromatic rings. The van der Waals surface area contributed by atoms with Gasteiger partial charge in [-0.1, -0.05) is 30.1 Å². The van der Waals surface area contributed by atoms with Crippen LogP contribution in [0.4, 0.5) is 0 Å². The highest BCUT2D eigenvalue weighted by atomic mass is 35.5. The van der Waals surface area contributed by atoms with Crippen LogP contribution in [-0.2, 0) is 0 Å². The third-order valence-electron chi connectivity index (χ3n) is 3.35. The Hall–Kier alpha value is -0.480. The van der Waals surface area contributed by atoms with Gasteiger partial charge in [0.1, 0.15) is 18.5 Å². The molecule has 0 amide bonds. The normalized spacial score (nSPS) is 23.8.